The lowest BCUT2D eigenvalue weighted by Crippen LogP contribution is -2.37. The molecule has 41 heavy (non-hydrogen) atoms. The molecule has 5 nitrogen and oxygen atoms in total. The van der Waals surface area contributed by atoms with Gasteiger partial charge in [0.25, 0.3) is 0 Å². The molecule has 1 atom stereocenters. The van der Waals surface area contributed by atoms with Gasteiger partial charge in [-0.05, 0) is 24.3 Å². The number of hydrogen-bond donors (Lipinski definition) is 3. The second-order valence-electron chi connectivity index (χ2n) is 8.72. The number of rotatable bonds is 2. The normalized spacial score (nSPS) is 16.7. The van der Waals surface area contributed by atoms with Crippen molar-refractivity contribution in [2.24, 2.45) is 5.73 Å². The molecule has 1 fully saturated rings. The van der Waals surface area contributed by atoms with Crippen molar-refractivity contribution in [1.82, 2.24) is 15.6 Å². The number of nitrogens with two attached hydrogens (primary N) is 1. The van der Waals surface area contributed by atoms with Crippen LogP contribution in [0.1, 0.15) is 33.7 Å². The van der Waals surface area contributed by atoms with Crippen LogP contribution < -0.4 is 16.4 Å². The van der Waals surface area contributed by atoms with E-state index in [2.05, 4.69) is 43.8 Å². The fraction of sp³-hybridized carbons (Fsp3) is 0.346. The van der Waals surface area contributed by atoms with E-state index in [1.165, 1.54) is 29.1 Å². The lowest BCUT2D eigenvalue weighted by molar-refractivity contribution is -0.138. The van der Waals surface area contributed by atoms with E-state index in [-0.39, 0.29) is 26.8 Å². The van der Waals surface area contributed by atoms with Crippen LogP contribution in [0.2, 0.25) is 0 Å². The summed E-state index contributed by atoms with van der Waals surface area (Å²) in [5.74, 6) is 0.323. The fourth-order valence-corrected chi connectivity index (χ4v) is 5.26. The monoisotopic (exact) mass is 746 g/mol. The van der Waals surface area contributed by atoms with E-state index in [4.69, 9.17) is 5.73 Å². The van der Waals surface area contributed by atoms with Crippen LogP contribution in [0.4, 0.5) is 26.3 Å². The molecule has 224 valence electrons. The van der Waals surface area contributed by atoms with Crippen LogP contribution in [-0.2, 0) is 30.1 Å². The van der Waals surface area contributed by atoms with Gasteiger partial charge in [0, 0.05) is 55.0 Å². The van der Waals surface area contributed by atoms with Crippen LogP contribution in [0.15, 0.2) is 48.5 Å². The number of thiocarbonyl (C=S) groups is 1. The molecule has 2 aromatic carbocycles. The lowest BCUT2D eigenvalue weighted by Gasteiger charge is -2.15. The molecule has 2 aliphatic rings. The maximum Gasteiger partial charge on any atom is 0.416 e. The number of piperidine rings is 1. The van der Waals surface area contributed by atoms with E-state index in [0.29, 0.717) is 17.8 Å². The Morgan fingerprint density at radius 1 is 0.927 bits per heavy atom. The smallest absolute Gasteiger partial charge is 0.389 e. The topological polar surface area (TPSA) is 80.0 Å². The molecule has 0 radical (unpaired) electrons. The first-order chi connectivity index (χ1) is 18.8. The number of alkyl halides is 7. The number of carbonyl (C=O) groups excluding carboxylic acids is 1. The molecule has 1 unspecified atom stereocenters. The second kappa shape index (κ2) is 15.5. The van der Waals surface area contributed by atoms with Crippen LogP contribution in [0, 0.1) is 0 Å². The van der Waals surface area contributed by atoms with Gasteiger partial charge in [-0.1, -0.05) is 52.4 Å². The molecule has 3 heterocycles. The summed E-state index contributed by atoms with van der Waals surface area (Å²) < 4.78 is 73.6. The Balaban J connectivity index is 0.000000233. The van der Waals surface area contributed by atoms with Crippen LogP contribution >= 0.6 is 56.5 Å². The predicted octanol–water partition coefficient (Wildman–Crippen LogP) is 6.70. The van der Waals surface area contributed by atoms with E-state index in [1.807, 2.05) is 0 Å². The molecule has 2 aliphatic heterocycles. The van der Waals surface area contributed by atoms with Crippen LogP contribution in [0.25, 0.3) is 10.6 Å². The summed E-state index contributed by atoms with van der Waals surface area (Å²) in [4.78, 5) is 16.6. The Hall–Kier alpha value is -1.91. The van der Waals surface area contributed by atoms with Gasteiger partial charge in [-0.25, -0.2) is 4.98 Å². The van der Waals surface area contributed by atoms with Gasteiger partial charge < -0.3 is 16.4 Å². The van der Waals surface area contributed by atoms with Gasteiger partial charge in [0.2, 0.25) is 0 Å². The highest BCUT2D eigenvalue weighted by atomic mass is 79.9. The minimum absolute atomic E-state index is 0. The zero-order valence-electron chi connectivity index (χ0n) is 21.2. The highest BCUT2D eigenvalue weighted by molar-refractivity contribution is 9.10. The van der Waals surface area contributed by atoms with Gasteiger partial charge in [-0.3, -0.25) is 4.79 Å². The molecule has 0 aliphatic carbocycles. The first kappa shape index (κ1) is 35.3. The van der Waals surface area contributed by atoms with Crippen LogP contribution in [-0.4, -0.2) is 40.2 Å². The molecule has 0 saturated carbocycles. The number of carbonyl (C=O) groups is 1. The number of halogens is 8. The number of aromatic nitrogens is 1. The van der Waals surface area contributed by atoms with Crippen LogP contribution in [0.3, 0.4) is 0 Å². The molecule has 0 amide bonds. The molecule has 4 N–H and O–H groups in total. The van der Waals surface area contributed by atoms with Crippen molar-refractivity contribution in [3.05, 3.63) is 75.8 Å². The Morgan fingerprint density at radius 2 is 1.46 bits per heavy atom. The third-order valence-electron chi connectivity index (χ3n) is 5.78. The molecule has 15 heteroatoms. The van der Waals surface area contributed by atoms with Gasteiger partial charge in [0.05, 0.1) is 21.6 Å². The molecule has 0 bridgehead atoms. The number of thiazole rings is 1. The van der Waals surface area contributed by atoms with Gasteiger partial charge in [0.1, 0.15) is 15.8 Å². The molecule has 3 aromatic rings. The largest absolute Gasteiger partial charge is 0.416 e. The quantitative estimate of drug-likeness (QED) is 0.154. The summed E-state index contributed by atoms with van der Waals surface area (Å²) in [7, 11) is 0. The summed E-state index contributed by atoms with van der Waals surface area (Å²) in [5, 5.41) is 7.15. The first-order valence-electron chi connectivity index (χ1n) is 12.0. The summed E-state index contributed by atoms with van der Waals surface area (Å²) in [6, 6.07) is 9.60. The van der Waals surface area contributed by atoms with E-state index in [9.17, 15) is 31.1 Å². The van der Waals surface area contributed by atoms with Crippen molar-refractivity contribution in [2.75, 3.05) is 19.6 Å². The Labute approximate surface area is 261 Å². The molecular weight excluding hydrogens is 722 g/mol. The maximum absolute atomic E-state index is 12.5. The van der Waals surface area contributed by atoms with E-state index in [0.717, 1.165) is 73.1 Å². The number of hydrogen-bond acceptors (Lipinski definition) is 6. The van der Waals surface area contributed by atoms with Gasteiger partial charge >= 0.3 is 12.4 Å². The van der Waals surface area contributed by atoms with Gasteiger partial charge in [-0.15, -0.1) is 28.3 Å². The molecule has 1 saturated heterocycles. The van der Waals surface area contributed by atoms with E-state index >= 15 is 0 Å². The number of Topliss-reactive ketones (excluding diaryl/α,β-unsaturated/α-hetero) is 1. The maximum atomic E-state index is 12.5. The van der Waals surface area contributed by atoms with Crippen molar-refractivity contribution in [3.63, 3.8) is 0 Å². The SMILES string of the molecule is Br.FC(F)(F)c1ccc(-c2nc3c(s2)CNCC3)cc1.NC(=S)c1ccc(C(F)(F)F)cc1.O=C1CCNCC1Br. The zero-order valence-corrected chi connectivity index (χ0v) is 26.2. The second-order valence-corrected chi connectivity index (χ2v) is 11.3. The number of fused-ring (bicyclic) bond motifs is 1. The van der Waals surface area contributed by atoms with Crippen molar-refractivity contribution in [1.29, 1.82) is 0 Å². The van der Waals surface area contributed by atoms with Crippen molar-refractivity contribution in [3.8, 4) is 10.6 Å². The average Bonchev–Trinajstić information content (AvgIpc) is 3.35. The van der Waals surface area contributed by atoms with E-state index in [1.54, 1.807) is 11.3 Å². The molecular formula is C26H26Br2F6N4OS2. The summed E-state index contributed by atoms with van der Waals surface area (Å²) >= 11 is 9.38. The molecule has 0 spiro atoms. The average molecular weight is 748 g/mol. The predicted molar refractivity (Wildman–Crippen MR) is 161 cm³/mol. The van der Waals surface area contributed by atoms with Crippen LogP contribution in [0.5, 0.6) is 0 Å². The van der Waals surface area contributed by atoms with Gasteiger partial charge in [-0.2, -0.15) is 26.3 Å². The minimum atomic E-state index is -4.31. The summed E-state index contributed by atoms with van der Waals surface area (Å²) in [6.07, 6.45) is -7.04. The Kier molecular flexibility index (Phi) is 13.4. The third kappa shape index (κ3) is 10.7. The van der Waals surface area contributed by atoms with Crippen molar-refractivity contribution >= 4 is 67.2 Å². The Morgan fingerprint density at radius 3 is 1.90 bits per heavy atom. The highest BCUT2D eigenvalue weighted by Crippen LogP contribution is 2.33. The standard InChI is InChI=1S/C13H11F3N2S.C8H6F3NS.C5H8BrNO.BrH/c14-13(15,16)9-3-1-8(2-4-9)12-18-10-5-6-17-7-11(10)19-12;9-8(10,11)6-3-1-5(2-4-6)7(12)13;6-4-3-7-2-1-5(4)8;/h1-4,17H,5-7H2;1-4H,(H2,12,13);4,7H,1-3H2;1H. The number of nitrogens with zero attached hydrogens (tertiary/aromatic N) is 1. The summed E-state index contributed by atoms with van der Waals surface area (Å²) in [6.45, 7) is 3.34. The lowest BCUT2D eigenvalue weighted by atomic mass is 10.1. The fourth-order valence-electron chi connectivity index (χ4n) is 3.59. The number of nitrogens with one attached hydrogen (secondary N) is 2. The Bertz CT molecular complexity index is 1280. The zero-order chi connectivity index (χ0) is 29.5. The summed E-state index contributed by atoms with van der Waals surface area (Å²) in [5.41, 5.74) is 6.14. The molecule has 5 rings (SSSR count). The minimum Gasteiger partial charge on any atom is -0.389 e. The van der Waals surface area contributed by atoms with E-state index < -0.39 is 23.5 Å². The highest BCUT2D eigenvalue weighted by Gasteiger charge is 2.31. The first-order valence-corrected chi connectivity index (χ1v) is 14.1. The molecule has 1 aromatic heterocycles. The van der Waals surface area contributed by atoms with Crippen molar-refractivity contribution in [2.45, 2.75) is 36.6 Å². The van der Waals surface area contributed by atoms with Gasteiger partial charge in [0.15, 0.2) is 0 Å². The number of benzene rings is 2. The number of ketones is 1. The van der Waals surface area contributed by atoms with Crippen molar-refractivity contribution < 1.29 is 31.1 Å². The third-order valence-corrected chi connectivity index (χ3v) is 8.00.